The van der Waals surface area contributed by atoms with Crippen molar-refractivity contribution in [1.29, 1.82) is 0 Å². The van der Waals surface area contributed by atoms with Crippen molar-refractivity contribution in [3.05, 3.63) is 29.6 Å². The van der Waals surface area contributed by atoms with E-state index in [0.717, 1.165) is 11.3 Å². The van der Waals surface area contributed by atoms with Gasteiger partial charge in [-0.3, -0.25) is 15.1 Å². The number of rotatable bonds is 1. The summed E-state index contributed by atoms with van der Waals surface area (Å²) < 4.78 is 4.68. The van der Waals surface area contributed by atoms with Crippen LogP contribution in [0.2, 0.25) is 0 Å². The molecule has 1 N–H and O–H groups in total. The normalized spacial score (nSPS) is 19.9. The molecule has 1 atom stereocenters. The highest BCUT2D eigenvalue weighted by molar-refractivity contribution is 5.76. The topological polar surface area (TPSA) is 51.2 Å². The first kappa shape index (κ1) is 9.15. The van der Waals surface area contributed by atoms with Gasteiger partial charge in [0.2, 0.25) is 0 Å². The Labute approximate surface area is 82.3 Å². The summed E-state index contributed by atoms with van der Waals surface area (Å²) in [5, 5.41) is 3.09. The Balaban J connectivity index is 2.17. The van der Waals surface area contributed by atoms with Crippen LogP contribution >= 0.6 is 0 Å². The first-order valence-corrected chi connectivity index (χ1v) is 4.55. The molecule has 74 valence electrons. The number of pyridine rings is 1. The zero-order valence-corrected chi connectivity index (χ0v) is 7.99. The van der Waals surface area contributed by atoms with Gasteiger partial charge in [0.25, 0.3) is 0 Å². The van der Waals surface area contributed by atoms with Crippen molar-refractivity contribution in [3.63, 3.8) is 0 Å². The quantitative estimate of drug-likeness (QED) is 0.649. The fraction of sp³-hybridized carbons (Fsp3) is 0.400. The van der Waals surface area contributed by atoms with Crippen LogP contribution in [0.3, 0.4) is 0 Å². The highest BCUT2D eigenvalue weighted by Gasteiger charge is 2.24. The van der Waals surface area contributed by atoms with Gasteiger partial charge in [-0.2, -0.15) is 0 Å². The molecule has 0 aliphatic carbocycles. The molecule has 0 amide bonds. The van der Waals surface area contributed by atoms with Crippen molar-refractivity contribution < 1.29 is 9.53 Å². The van der Waals surface area contributed by atoms with Crippen LogP contribution in [0.4, 0.5) is 0 Å². The molecule has 4 heteroatoms. The molecule has 0 bridgehead atoms. The molecule has 0 saturated heterocycles. The van der Waals surface area contributed by atoms with Crippen LogP contribution in [0.5, 0.6) is 0 Å². The molecule has 14 heavy (non-hydrogen) atoms. The van der Waals surface area contributed by atoms with Gasteiger partial charge in [-0.05, 0) is 11.6 Å². The van der Waals surface area contributed by atoms with Gasteiger partial charge < -0.3 is 4.74 Å². The Morgan fingerprint density at radius 3 is 3.36 bits per heavy atom. The number of hydrogen-bond acceptors (Lipinski definition) is 4. The minimum atomic E-state index is -0.225. The summed E-state index contributed by atoms with van der Waals surface area (Å²) in [6, 6.07) is 3.66. The first-order valence-electron chi connectivity index (χ1n) is 4.55. The van der Waals surface area contributed by atoms with Crippen LogP contribution in [-0.4, -0.2) is 24.1 Å². The molecule has 0 radical (unpaired) electrons. The van der Waals surface area contributed by atoms with Crippen LogP contribution < -0.4 is 5.32 Å². The van der Waals surface area contributed by atoms with Gasteiger partial charge in [0.05, 0.1) is 12.8 Å². The number of nitrogens with zero attached hydrogens (tertiary/aromatic N) is 1. The van der Waals surface area contributed by atoms with E-state index < -0.39 is 0 Å². The predicted molar refractivity (Wildman–Crippen MR) is 50.6 cm³/mol. The summed E-state index contributed by atoms with van der Waals surface area (Å²) in [6.07, 6.45) is 2.43. The molecule has 2 rings (SSSR count). The predicted octanol–water partition coefficient (Wildman–Crippen LogP) is 0.269. The largest absolute Gasteiger partial charge is 0.468 e. The average Bonchev–Trinajstić information content (AvgIpc) is 2.27. The molecule has 4 nitrogen and oxygen atoms in total. The van der Waals surface area contributed by atoms with Crippen LogP contribution in [0.25, 0.3) is 0 Å². The number of nitrogens with one attached hydrogen (secondary N) is 1. The highest BCUT2D eigenvalue weighted by Crippen LogP contribution is 2.14. The minimum absolute atomic E-state index is 0.209. The van der Waals surface area contributed by atoms with E-state index in [1.54, 1.807) is 6.20 Å². The van der Waals surface area contributed by atoms with Gasteiger partial charge in [-0.25, -0.2) is 0 Å². The third-order valence-electron chi connectivity index (χ3n) is 2.41. The Kier molecular flexibility index (Phi) is 2.45. The zero-order chi connectivity index (χ0) is 9.97. The van der Waals surface area contributed by atoms with Crippen molar-refractivity contribution in [3.8, 4) is 0 Å². The van der Waals surface area contributed by atoms with E-state index >= 15 is 0 Å². The van der Waals surface area contributed by atoms with E-state index in [1.165, 1.54) is 7.11 Å². The first-order chi connectivity index (χ1) is 6.81. The molecule has 0 fully saturated rings. The fourth-order valence-electron chi connectivity index (χ4n) is 1.64. The van der Waals surface area contributed by atoms with Crippen LogP contribution in [0, 0.1) is 0 Å². The third kappa shape index (κ3) is 1.61. The summed E-state index contributed by atoms with van der Waals surface area (Å²) in [5.74, 6) is -0.209. The van der Waals surface area contributed by atoms with Crippen molar-refractivity contribution in [2.75, 3.05) is 7.11 Å². The molecule has 1 unspecified atom stereocenters. The minimum Gasteiger partial charge on any atom is -0.468 e. The standard InChI is InChI=1S/C10H12N2O2/c1-14-10(13)8-5-7-3-2-4-11-9(7)6-12-8/h2-4,8,12H,5-6H2,1H3. The molecule has 2 heterocycles. The van der Waals surface area contributed by atoms with Crippen molar-refractivity contribution in [1.82, 2.24) is 10.3 Å². The highest BCUT2D eigenvalue weighted by atomic mass is 16.5. The van der Waals surface area contributed by atoms with E-state index in [-0.39, 0.29) is 12.0 Å². The summed E-state index contributed by atoms with van der Waals surface area (Å²) in [5.41, 5.74) is 2.15. The number of esters is 1. The van der Waals surface area contributed by atoms with Gasteiger partial charge in [0.15, 0.2) is 0 Å². The lowest BCUT2D eigenvalue weighted by Crippen LogP contribution is -2.42. The van der Waals surface area contributed by atoms with Crippen LogP contribution in [0.15, 0.2) is 18.3 Å². The van der Waals surface area contributed by atoms with Crippen molar-refractivity contribution in [2.24, 2.45) is 0 Å². The maximum atomic E-state index is 11.3. The SMILES string of the molecule is COC(=O)C1Cc2cccnc2CN1. The monoisotopic (exact) mass is 192 g/mol. The van der Waals surface area contributed by atoms with Gasteiger partial charge in [0, 0.05) is 19.2 Å². The Morgan fingerprint density at radius 2 is 2.57 bits per heavy atom. The smallest absolute Gasteiger partial charge is 0.323 e. The second kappa shape index (κ2) is 3.75. The molecule has 1 aliphatic rings. The van der Waals surface area contributed by atoms with E-state index in [4.69, 9.17) is 0 Å². The van der Waals surface area contributed by atoms with Gasteiger partial charge in [-0.15, -0.1) is 0 Å². The van der Waals surface area contributed by atoms with Gasteiger partial charge in [0.1, 0.15) is 6.04 Å². The lowest BCUT2D eigenvalue weighted by Gasteiger charge is -2.22. The number of ether oxygens (including phenoxy) is 1. The third-order valence-corrected chi connectivity index (χ3v) is 2.41. The summed E-state index contributed by atoms with van der Waals surface area (Å²) >= 11 is 0. The number of fused-ring (bicyclic) bond motifs is 1. The summed E-state index contributed by atoms with van der Waals surface area (Å²) in [6.45, 7) is 0.635. The maximum Gasteiger partial charge on any atom is 0.323 e. The fourth-order valence-corrected chi connectivity index (χ4v) is 1.64. The molecule has 0 spiro atoms. The van der Waals surface area contributed by atoms with Crippen molar-refractivity contribution >= 4 is 5.97 Å². The lowest BCUT2D eigenvalue weighted by atomic mass is 10.0. The van der Waals surface area contributed by atoms with Gasteiger partial charge in [-0.1, -0.05) is 6.07 Å². The number of methoxy groups -OCH3 is 1. The molecular weight excluding hydrogens is 180 g/mol. The summed E-state index contributed by atoms with van der Waals surface area (Å²) in [4.78, 5) is 15.5. The van der Waals surface area contributed by atoms with Crippen LogP contribution in [0.1, 0.15) is 11.3 Å². The molecule has 0 aromatic carbocycles. The van der Waals surface area contributed by atoms with E-state index in [0.29, 0.717) is 13.0 Å². The number of carbonyl (C=O) groups excluding carboxylic acids is 1. The average molecular weight is 192 g/mol. The maximum absolute atomic E-state index is 11.3. The second-order valence-corrected chi connectivity index (χ2v) is 3.27. The number of hydrogen-bond donors (Lipinski definition) is 1. The zero-order valence-electron chi connectivity index (χ0n) is 7.99. The number of aromatic nitrogens is 1. The molecule has 1 aromatic heterocycles. The van der Waals surface area contributed by atoms with Gasteiger partial charge >= 0.3 is 5.97 Å². The second-order valence-electron chi connectivity index (χ2n) is 3.27. The Hall–Kier alpha value is -1.42. The Morgan fingerprint density at radius 1 is 1.71 bits per heavy atom. The van der Waals surface area contributed by atoms with Crippen molar-refractivity contribution in [2.45, 2.75) is 19.0 Å². The van der Waals surface area contributed by atoms with E-state index in [9.17, 15) is 4.79 Å². The number of carbonyl (C=O) groups is 1. The van der Waals surface area contributed by atoms with Crippen LogP contribution in [-0.2, 0) is 22.5 Å². The molecule has 1 aliphatic heterocycles. The van der Waals surface area contributed by atoms with E-state index in [2.05, 4.69) is 15.0 Å². The molecule has 0 saturated carbocycles. The molecule has 1 aromatic rings. The summed E-state index contributed by atoms with van der Waals surface area (Å²) in [7, 11) is 1.41. The Bertz CT molecular complexity index is 352. The molecular formula is C10H12N2O2. The van der Waals surface area contributed by atoms with E-state index in [1.807, 2.05) is 12.1 Å². The lowest BCUT2D eigenvalue weighted by molar-refractivity contribution is -0.143.